The number of benzene rings is 9. The van der Waals surface area contributed by atoms with E-state index < -0.39 is 23.5 Å². The quantitative estimate of drug-likeness (QED) is 0.111. The van der Waals surface area contributed by atoms with Gasteiger partial charge in [0.05, 0.1) is 53.1 Å². The molecule has 77 heavy (non-hydrogen) atoms. The third-order valence-electron chi connectivity index (χ3n) is 13.1. The fourth-order valence-electron chi connectivity index (χ4n) is 9.72. The predicted octanol–water partition coefficient (Wildman–Crippen LogP) is 17.5. The summed E-state index contributed by atoms with van der Waals surface area (Å²) in [6.45, 7) is 15.5. The first kappa shape index (κ1) is 48.6. The van der Waals surface area contributed by atoms with Crippen LogP contribution >= 0.6 is 0 Å². The summed E-state index contributed by atoms with van der Waals surface area (Å²) >= 11 is 0. The molecule has 0 radical (unpaired) electrons. The number of alkyl halides is 6. The van der Waals surface area contributed by atoms with Crippen LogP contribution in [0.1, 0.15) is 22.3 Å². The van der Waals surface area contributed by atoms with Gasteiger partial charge in [0.1, 0.15) is 0 Å². The summed E-state index contributed by atoms with van der Waals surface area (Å²) in [5, 5.41) is 20.9. The van der Waals surface area contributed by atoms with Gasteiger partial charge in [-0.3, -0.25) is 0 Å². The Balaban J connectivity index is 1.32. The van der Waals surface area contributed by atoms with E-state index in [1.807, 2.05) is 12.1 Å². The third-order valence-corrected chi connectivity index (χ3v) is 13.1. The minimum atomic E-state index is -4.96. The van der Waals surface area contributed by atoms with Gasteiger partial charge in [-0.25, -0.2) is 24.6 Å². The number of nitriles is 2. The molecule has 0 bridgehead atoms. The highest BCUT2D eigenvalue weighted by atomic mass is 19.4. The zero-order valence-corrected chi connectivity index (χ0v) is 39.8. The number of halogens is 6. The van der Waals surface area contributed by atoms with Crippen molar-refractivity contribution < 1.29 is 26.3 Å². The molecule has 2 heterocycles. The molecule has 11 aromatic rings. The van der Waals surface area contributed by atoms with Gasteiger partial charge >= 0.3 is 12.4 Å². The lowest BCUT2D eigenvalue weighted by atomic mass is 9.88. The maximum Gasteiger partial charge on any atom is 0.417 e. The van der Waals surface area contributed by atoms with E-state index in [9.17, 15) is 10.5 Å². The third kappa shape index (κ3) is 9.14. The van der Waals surface area contributed by atoms with Crippen LogP contribution in [0.3, 0.4) is 0 Å². The molecule has 9 aromatic carbocycles. The van der Waals surface area contributed by atoms with Gasteiger partial charge in [-0.2, -0.15) is 36.9 Å². The first-order chi connectivity index (χ1) is 37.2. The van der Waals surface area contributed by atoms with Gasteiger partial charge in [0.15, 0.2) is 28.8 Å². The Hall–Kier alpha value is -10.7. The minimum absolute atomic E-state index is 0.0333. The summed E-state index contributed by atoms with van der Waals surface area (Å²) in [5.41, 5.74) is 1.75. The molecular weight excluding hydrogens is 983 g/mol. The van der Waals surface area contributed by atoms with E-state index in [-0.39, 0.29) is 73.5 Å². The van der Waals surface area contributed by atoms with Crippen LogP contribution in [-0.4, -0.2) is 19.5 Å². The van der Waals surface area contributed by atoms with E-state index in [2.05, 4.69) is 21.8 Å². The average molecular weight is 1010 g/mol. The fourth-order valence-corrected chi connectivity index (χ4v) is 9.72. The number of rotatable bonds is 8. The normalized spacial score (nSPS) is 11.5. The minimum Gasteiger partial charge on any atom is -0.308 e. The molecule has 14 heteroatoms. The Bertz CT molecular complexity index is 4030. The van der Waals surface area contributed by atoms with Crippen molar-refractivity contribution in [3.8, 4) is 96.5 Å². The molecule has 0 atom stereocenters. The van der Waals surface area contributed by atoms with Gasteiger partial charge in [0, 0.05) is 49.7 Å². The SMILES string of the molecule is [C-]#[N+]c1cc(C#N)cc(-c2ccc3c(c2)c2cc(-c4cc(C#N)cc([N+]#[C-])c4)ccc2n3-c2c(-c3ccccc3C(F)(F)F)cc(-c3nc(-c4ccccc4)nc(-c4ccccc4)n3)cc2-c2ccccc2C(F)(F)F)c1. The highest BCUT2D eigenvalue weighted by Crippen LogP contribution is 2.50. The molecule has 0 fully saturated rings. The van der Waals surface area contributed by atoms with Crippen LogP contribution in [0.5, 0.6) is 0 Å². The number of hydrogen-bond donors (Lipinski definition) is 0. The molecule has 11 rings (SSSR count). The fraction of sp³-hybridized carbons (Fsp3) is 0.0317. The van der Waals surface area contributed by atoms with E-state index >= 15 is 26.3 Å². The zero-order chi connectivity index (χ0) is 53.6. The first-order valence-corrected chi connectivity index (χ1v) is 23.6. The van der Waals surface area contributed by atoms with Crippen LogP contribution in [0.15, 0.2) is 194 Å². The van der Waals surface area contributed by atoms with Gasteiger partial charge in [-0.05, 0) is 118 Å². The molecule has 0 aliphatic rings. The molecule has 0 aliphatic carbocycles. The summed E-state index contributed by atoms with van der Waals surface area (Å²) in [5.74, 6) is 0.373. The van der Waals surface area contributed by atoms with Crippen LogP contribution in [0.2, 0.25) is 0 Å². The Labute approximate surface area is 436 Å². The second-order valence-electron chi connectivity index (χ2n) is 17.8. The Morgan fingerprint density at radius 2 is 0.779 bits per heavy atom. The highest BCUT2D eigenvalue weighted by Gasteiger charge is 2.37. The smallest absolute Gasteiger partial charge is 0.308 e. The number of fused-ring (bicyclic) bond motifs is 3. The lowest BCUT2D eigenvalue weighted by molar-refractivity contribution is -0.137. The second-order valence-corrected chi connectivity index (χ2v) is 17.8. The Morgan fingerprint density at radius 3 is 1.17 bits per heavy atom. The lowest BCUT2D eigenvalue weighted by Crippen LogP contribution is -2.11. The monoisotopic (exact) mass is 1010 g/mol. The molecule has 0 unspecified atom stereocenters. The largest absolute Gasteiger partial charge is 0.417 e. The van der Waals surface area contributed by atoms with E-state index in [4.69, 9.17) is 28.1 Å². The summed E-state index contributed by atoms with van der Waals surface area (Å²) in [7, 11) is 0. The molecule has 366 valence electrons. The summed E-state index contributed by atoms with van der Waals surface area (Å²) in [6, 6.07) is 54.5. The maximum atomic E-state index is 15.6. The Morgan fingerprint density at radius 1 is 0.390 bits per heavy atom. The Kier molecular flexibility index (Phi) is 12.2. The molecule has 0 saturated heterocycles. The first-order valence-electron chi connectivity index (χ1n) is 23.6. The van der Waals surface area contributed by atoms with Crippen molar-refractivity contribution in [2.75, 3.05) is 0 Å². The molecule has 0 saturated carbocycles. The van der Waals surface area contributed by atoms with Crippen molar-refractivity contribution in [3.63, 3.8) is 0 Å². The van der Waals surface area contributed by atoms with Gasteiger partial charge in [-0.1, -0.05) is 109 Å². The van der Waals surface area contributed by atoms with Crippen molar-refractivity contribution in [1.82, 2.24) is 19.5 Å². The molecular formula is C63H32F6N8. The summed E-state index contributed by atoms with van der Waals surface area (Å²) < 4.78 is 95.4. The second kappa shape index (κ2) is 19.3. The zero-order valence-electron chi connectivity index (χ0n) is 39.8. The standard InChI is InChI=1S/C63H32F6N8/c1-72-46-27-37(35-70)25-43(29-46)41-21-23-56-50(31-41)51-32-42(44-26-38(36-71)28-47(30-44)73-2)22-24-57(51)77(56)58-52(48-17-9-11-19-54(48)62(64,65)66)33-45(34-53(58)49-18-10-12-20-55(49)63(67,68)69)61-75-59(39-13-5-3-6-14-39)74-60(76-61)40-15-7-4-8-16-40/h3-34H. The topological polar surface area (TPSA) is 99.9 Å². The lowest BCUT2D eigenvalue weighted by Gasteiger charge is -2.24. The van der Waals surface area contributed by atoms with Gasteiger partial charge < -0.3 is 4.57 Å². The molecule has 0 aliphatic heterocycles. The van der Waals surface area contributed by atoms with Crippen molar-refractivity contribution in [2.24, 2.45) is 0 Å². The average Bonchev–Trinajstić information content (AvgIpc) is 4.08. The molecule has 0 spiro atoms. The van der Waals surface area contributed by atoms with Crippen LogP contribution < -0.4 is 0 Å². The number of hydrogen-bond acceptors (Lipinski definition) is 5. The van der Waals surface area contributed by atoms with Crippen LogP contribution in [-0.2, 0) is 12.4 Å². The van der Waals surface area contributed by atoms with E-state index in [0.29, 0.717) is 55.2 Å². The summed E-state index contributed by atoms with van der Waals surface area (Å²) in [4.78, 5) is 21.7. The van der Waals surface area contributed by atoms with Crippen molar-refractivity contribution in [3.05, 3.63) is 239 Å². The number of nitrogens with zero attached hydrogens (tertiary/aromatic N) is 8. The van der Waals surface area contributed by atoms with Crippen LogP contribution in [0, 0.1) is 35.8 Å². The van der Waals surface area contributed by atoms with Crippen LogP contribution in [0.25, 0.3) is 116 Å². The number of aromatic nitrogens is 4. The predicted molar refractivity (Wildman–Crippen MR) is 284 cm³/mol. The molecule has 0 N–H and O–H groups in total. The van der Waals surface area contributed by atoms with E-state index in [1.165, 1.54) is 60.7 Å². The highest BCUT2D eigenvalue weighted by molar-refractivity contribution is 6.13. The van der Waals surface area contributed by atoms with E-state index in [1.54, 1.807) is 114 Å². The van der Waals surface area contributed by atoms with Crippen molar-refractivity contribution >= 4 is 33.2 Å². The van der Waals surface area contributed by atoms with Crippen molar-refractivity contribution in [1.29, 1.82) is 10.5 Å². The van der Waals surface area contributed by atoms with E-state index in [0.717, 1.165) is 12.1 Å². The molecule has 2 aromatic heterocycles. The van der Waals surface area contributed by atoms with Crippen molar-refractivity contribution in [2.45, 2.75) is 12.4 Å². The maximum absolute atomic E-state index is 15.6. The van der Waals surface area contributed by atoms with Gasteiger partial charge in [0.2, 0.25) is 0 Å². The van der Waals surface area contributed by atoms with Gasteiger partial charge in [-0.15, -0.1) is 0 Å². The van der Waals surface area contributed by atoms with Gasteiger partial charge in [0.25, 0.3) is 0 Å². The molecule has 8 nitrogen and oxygen atoms in total. The molecule has 0 amide bonds. The van der Waals surface area contributed by atoms with Crippen LogP contribution in [0.4, 0.5) is 37.7 Å². The summed E-state index contributed by atoms with van der Waals surface area (Å²) in [6.07, 6.45) is -9.92.